The fourth-order valence-corrected chi connectivity index (χ4v) is 1.67. The number of hydrogen-bond donors (Lipinski definition) is 1. The van der Waals surface area contributed by atoms with Gasteiger partial charge >= 0.3 is 0 Å². The molecule has 0 saturated heterocycles. The number of nitrogens with one attached hydrogen (secondary N) is 1. The average molecular weight is 339 g/mol. The van der Waals surface area contributed by atoms with Crippen LogP contribution < -0.4 is 5.32 Å². The van der Waals surface area contributed by atoms with Gasteiger partial charge in [0.05, 0.1) is 4.47 Å². The Bertz CT molecular complexity index is 357. The van der Waals surface area contributed by atoms with Gasteiger partial charge in [-0.15, -0.1) is 0 Å². The molecule has 15 heavy (non-hydrogen) atoms. The molecule has 82 valence electrons. The Kier molecular flexibility index (Phi) is 5.25. The molecule has 0 aliphatic heterocycles. The smallest absolute Gasteiger partial charge is 0.251 e. The lowest BCUT2D eigenvalue weighted by Gasteiger charge is -2.04. The van der Waals surface area contributed by atoms with E-state index in [9.17, 15) is 9.18 Å². The molecule has 0 radical (unpaired) electrons. The van der Waals surface area contributed by atoms with E-state index in [1.807, 2.05) is 0 Å². The van der Waals surface area contributed by atoms with Crippen LogP contribution >= 0.6 is 31.9 Å². The minimum atomic E-state index is -0.369. The summed E-state index contributed by atoms with van der Waals surface area (Å²) in [5.41, 5.74) is 0.456. The van der Waals surface area contributed by atoms with Crippen molar-refractivity contribution >= 4 is 37.8 Å². The van der Waals surface area contributed by atoms with Crippen LogP contribution in [-0.2, 0) is 0 Å². The summed E-state index contributed by atoms with van der Waals surface area (Å²) >= 11 is 6.30. The van der Waals surface area contributed by atoms with E-state index in [0.29, 0.717) is 16.6 Å². The van der Waals surface area contributed by atoms with Gasteiger partial charge in [-0.3, -0.25) is 4.79 Å². The lowest BCUT2D eigenvalue weighted by atomic mass is 10.2. The zero-order valence-corrected chi connectivity index (χ0v) is 11.1. The van der Waals surface area contributed by atoms with Gasteiger partial charge in [0.1, 0.15) is 5.82 Å². The van der Waals surface area contributed by atoms with Crippen molar-refractivity contribution in [1.82, 2.24) is 5.32 Å². The fourth-order valence-electron chi connectivity index (χ4n) is 1.01. The van der Waals surface area contributed by atoms with Crippen molar-refractivity contribution in [2.45, 2.75) is 6.42 Å². The van der Waals surface area contributed by atoms with E-state index in [-0.39, 0.29) is 11.7 Å². The van der Waals surface area contributed by atoms with Gasteiger partial charge in [-0.1, -0.05) is 15.9 Å². The maximum absolute atomic E-state index is 12.9. The van der Waals surface area contributed by atoms with Gasteiger partial charge < -0.3 is 5.32 Å². The second-order valence-corrected chi connectivity index (χ2v) is 4.57. The van der Waals surface area contributed by atoms with E-state index in [4.69, 9.17) is 0 Å². The van der Waals surface area contributed by atoms with Gasteiger partial charge in [0.25, 0.3) is 5.91 Å². The third-order valence-electron chi connectivity index (χ3n) is 1.78. The molecule has 1 aromatic rings. The van der Waals surface area contributed by atoms with E-state index in [2.05, 4.69) is 37.2 Å². The number of carbonyl (C=O) groups is 1. The van der Waals surface area contributed by atoms with Crippen LogP contribution in [0.3, 0.4) is 0 Å². The number of rotatable bonds is 4. The van der Waals surface area contributed by atoms with E-state index < -0.39 is 0 Å². The van der Waals surface area contributed by atoms with Crippen molar-refractivity contribution in [3.8, 4) is 0 Å². The Morgan fingerprint density at radius 1 is 1.47 bits per heavy atom. The first-order valence-electron chi connectivity index (χ1n) is 4.44. The van der Waals surface area contributed by atoms with E-state index in [0.717, 1.165) is 11.8 Å². The summed E-state index contributed by atoms with van der Waals surface area (Å²) in [6, 6.07) is 4.20. The highest BCUT2D eigenvalue weighted by atomic mass is 79.9. The lowest BCUT2D eigenvalue weighted by Crippen LogP contribution is -2.24. The molecule has 1 amide bonds. The fraction of sp³-hybridized carbons (Fsp3) is 0.300. The monoisotopic (exact) mass is 337 g/mol. The van der Waals surface area contributed by atoms with Gasteiger partial charge in [-0.05, 0) is 40.5 Å². The van der Waals surface area contributed by atoms with Crippen LogP contribution in [-0.4, -0.2) is 17.8 Å². The third-order valence-corrected chi connectivity index (χ3v) is 2.95. The van der Waals surface area contributed by atoms with E-state index in [1.165, 1.54) is 18.2 Å². The summed E-state index contributed by atoms with van der Waals surface area (Å²) in [4.78, 5) is 11.5. The number of amides is 1. The standard InChI is InChI=1S/C10H10Br2FNO/c11-4-1-5-14-10(15)7-2-3-9(13)8(12)6-7/h2-3,6H,1,4-5H2,(H,14,15). The number of benzene rings is 1. The molecule has 0 aliphatic carbocycles. The summed E-state index contributed by atoms with van der Waals surface area (Å²) in [5.74, 6) is -0.552. The highest BCUT2D eigenvalue weighted by Crippen LogP contribution is 2.16. The highest BCUT2D eigenvalue weighted by Gasteiger charge is 2.07. The van der Waals surface area contributed by atoms with E-state index in [1.54, 1.807) is 0 Å². The predicted octanol–water partition coefficient (Wildman–Crippen LogP) is 3.10. The summed E-state index contributed by atoms with van der Waals surface area (Å²) in [5, 5.41) is 3.58. The van der Waals surface area contributed by atoms with Gasteiger partial charge in [0.2, 0.25) is 0 Å². The maximum Gasteiger partial charge on any atom is 0.251 e. The molecule has 1 N–H and O–H groups in total. The molecule has 0 bridgehead atoms. The molecule has 0 heterocycles. The third kappa shape index (κ3) is 3.91. The average Bonchev–Trinajstić information content (AvgIpc) is 2.22. The number of hydrogen-bond acceptors (Lipinski definition) is 1. The normalized spacial score (nSPS) is 10.1. The van der Waals surface area contributed by atoms with Crippen LogP contribution in [0.1, 0.15) is 16.8 Å². The molecule has 5 heteroatoms. The summed E-state index contributed by atoms with van der Waals surface area (Å²) < 4.78 is 13.2. The topological polar surface area (TPSA) is 29.1 Å². The van der Waals surface area contributed by atoms with Crippen molar-refractivity contribution in [2.24, 2.45) is 0 Å². The molecular formula is C10H10Br2FNO. The SMILES string of the molecule is O=C(NCCCBr)c1ccc(F)c(Br)c1. The molecule has 1 rings (SSSR count). The first-order chi connectivity index (χ1) is 7.15. The van der Waals surface area contributed by atoms with Gasteiger partial charge in [-0.2, -0.15) is 0 Å². The number of halogens is 3. The van der Waals surface area contributed by atoms with Crippen LogP contribution in [0, 0.1) is 5.82 Å². The molecule has 0 aliphatic rings. The zero-order valence-electron chi connectivity index (χ0n) is 7.90. The summed E-state index contributed by atoms with van der Waals surface area (Å²) in [7, 11) is 0. The Labute approximate surface area is 105 Å². The molecule has 0 saturated carbocycles. The Morgan fingerprint density at radius 3 is 2.80 bits per heavy atom. The number of alkyl halides is 1. The summed E-state index contributed by atoms with van der Waals surface area (Å²) in [6.45, 7) is 0.610. The molecule has 0 fully saturated rings. The van der Waals surface area contributed by atoms with Gasteiger partial charge in [0.15, 0.2) is 0 Å². The molecule has 0 atom stereocenters. The summed E-state index contributed by atoms with van der Waals surface area (Å²) in [6.07, 6.45) is 0.869. The lowest BCUT2D eigenvalue weighted by molar-refractivity contribution is 0.0953. The van der Waals surface area contributed by atoms with Crippen molar-refractivity contribution in [2.75, 3.05) is 11.9 Å². The molecular weight excluding hydrogens is 329 g/mol. The second-order valence-electron chi connectivity index (χ2n) is 2.93. The van der Waals surface area contributed by atoms with Crippen molar-refractivity contribution in [3.63, 3.8) is 0 Å². The van der Waals surface area contributed by atoms with Crippen LogP contribution in [0.25, 0.3) is 0 Å². The minimum Gasteiger partial charge on any atom is -0.352 e. The van der Waals surface area contributed by atoms with Crippen molar-refractivity contribution < 1.29 is 9.18 Å². The second kappa shape index (κ2) is 6.23. The van der Waals surface area contributed by atoms with E-state index >= 15 is 0 Å². The van der Waals surface area contributed by atoms with Crippen LogP contribution in [0.2, 0.25) is 0 Å². The Hall–Kier alpha value is -0.420. The highest BCUT2D eigenvalue weighted by molar-refractivity contribution is 9.10. The van der Waals surface area contributed by atoms with Crippen molar-refractivity contribution in [1.29, 1.82) is 0 Å². The maximum atomic E-state index is 12.9. The largest absolute Gasteiger partial charge is 0.352 e. The molecule has 2 nitrogen and oxygen atoms in total. The predicted molar refractivity (Wildman–Crippen MR) is 64.8 cm³/mol. The molecule has 1 aromatic carbocycles. The Morgan fingerprint density at radius 2 is 2.20 bits per heavy atom. The Balaban J connectivity index is 2.62. The molecule has 0 spiro atoms. The van der Waals surface area contributed by atoms with Crippen LogP contribution in [0.5, 0.6) is 0 Å². The van der Waals surface area contributed by atoms with Gasteiger partial charge in [-0.25, -0.2) is 4.39 Å². The van der Waals surface area contributed by atoms with Crippen LogP contribution in [0.15, 0.2) is 22.7 Å². The zero-order chi connectivity index (χ0) is 11.3. The first-order valence-corrected chi connectivity index (χ1v) is 6.36. The van der Waals surface area contributed by atoms with Crippen molar-refractivity contribution in [3.05, 3.63) is 34.1 Å². The quantitative estimate of drug-likeness (QED) is 0.663. The molecule has 0 unspecified atom stereocenters. The van der Waals surface area contributed by atoms with Gasteiger partial charge in [0, 0.05) is 17.4 Å². The minimum absolute atomic E-state index is 0.184. The van der Waals surface area contributed by atoms with Crippen LogP contribution in [0.4, 0.5) is 4.39 Å². The molecule has 0 aromatic heterocycles. The number of carbonyl (C=O) groups excluding carboxylic acids is 1. The first kappa shape index (κ1) is 12.6.